The highest BCUT2D eigenvalue weighted by Crippen LogP contribution is 2.24. The zero-order valence-electron chi connectivity index (χ0n) is 12.2. The van der Waals surface area contributed by atoms with Gasteiger partial charge in [0.05, 0.1) is 10.6 Å². The van der Waals surface area contributed by atoms with Gasteiger partial charge in [0.1, 0.15) is 5.75 Å². The van der Waals surface area contributed by atoms with E-state index in [0.29, 0.717) is 11.4 Å². The average Bonchev–Trinajstić information content (AvgIpc) is 2.55. The number of nitrogens with zero attached hydrogens (tertiary/aromatic N) is 1. The molecule has 0 atom stereocenters. The number of nitrogens with one attached hydrogen (secondary N) is 1. The predicted molar refractivity (Wildman–Crippen MR) is 83.6 cm³/mol. The van der Waals surface area contributed by atoms with E-state index in [2.05, 4.69) is 5.32 Å². The molecule has 0 saturated carbocycles. The number of benzene rings is 2. The van der Waals surface area contributed by atoms with Crippen molar-refractivity contribution in [2.45, 2.75) is 4.90 Å². The number of ether oxygens (including phenoxy) is 1. The second-order valence-electron chi connectivity index (χ2n) is 4.42. The van der Waals surface area contributed by atoms with Gasteiger partial charge in [-0.05, 0) is 36.4 Å². The van der Waals surface area contributed by atoms with Crippen LogP contribution in [-0.2, 0) is 10.0 Å². The predicted octanol–water partition coefficient (Wildman–Crippen LogP) is 2.23. The molecule has 6 nitrogen and oxygen atoms in total. The summed E-state index contributed by atoms with van der Waals surface area (Å²) >= 11 is 0. The largest absolute Gasteiger partial charge is 0.412 e. The third-order valence-corrected chi connectivity index (χ3v) is 4.82. The van der Waals surface area contributed by atoms with Crippen molar-refractivity contribution in [3.63, 3.8) is 0 Å². The summed E-state index contributed by atoms with van der Waals surface area (Å²) in [6.45, 7) is 0. The fourth-order valence-electron chi connectivity index (χ4n) is 1.77. The molecule has 0 fully saturated rings. The minimum atomic E-state index is -3.62. The number of carbonyl (C=O) groups is 1. The van der Waals surface area contributed by atoms with Crippen molar-refractivity contribution in [2.75, 3.05) is 18.4 Å². The van der Waals surface area contributed by atoms with Gasteiger partial charge in [-0.3, -0.25) is 4.31 Å². The Morgan fingerprint density at radius 3 is 2.18 bits per heavy atom. The quantitative estimate of drug-likeness (QED) is 0.937. The molecular weight excluding hydrogens is 304 g/mol. The summed E-state index contributed by atoms with van der Waals surface area (Å²) in [7, 11) is -0.695. The maximum Gasteiger partial charge on any atom is 0.412 e. The maximum atomic E-state index is 12.5. The van der Waals surface area contributed by atoms with Crippen LogP contribution in [0.15, 0.2) is 59.5 Å². The molecule has 0 aliphatic carbocycles. The molecule has 22 heavy (non-hydrogen) atoms. The van der Waals surface area contributed by atoms with Gasteiger partial charge >= 0.3 is 6.09 Å². The van der Waals surface area contributed by atoms with Crippen LogP contribution in [0.2, 0.25) is 0 Å². The van der Waals surface area contributed by atoms with Gasteiger partial charge < -0.3 is 10.1 Å². The van der Waals surface area contributed by atoms with Crippen LogP contribution < -0.4 is 14.4 Å². The van der Waals surface area contributed by atoms with Crippen LogP contribution in [0.3, 0.4) is 0 Å². The molecule has 0 unspecified atom stereocenters. The molecule has 1 amide bonds. The Kier molecular flexibility index (Phi) is 4.67. The van der Waals surface area contributed by atoms with E-state index >= 15 is 0 Å². The molecule has 0 saturated heterocycles. The molecule has 116 valence electrons. The molecule has 1 N–H and O–H groups in total. The van der Waals surface area contributed by atoms with E-state index in [9.17, 15) is 13.2 Å². The summed E-state index contributed by atoms with van der Waals surface area (Å²) in [6.07, 6.45) is -0.585. The van der Waals surface area contributed by atoms with Gasteiger partial charge in [-0.15, -0.1) is 0 Å². The highest BCUT2D eigenvalue weighted by atomic mass is 32.2. The fraction of sp³-hybridized carbons (Fsp3) is 0.133. The highest BCUT2D eigenvalue weighted by Gasteiger charge is 2.20. The van der Waals surface area contributed by atoms with Gasteiger partial charge in [-0.25, -0.2) is 13.2 Å². The second kappa shape index (κ2) is 6.48. The van der Waals surface area contributed by atoms with Crippen molar-refractivity contribution in [3.05, 3.63) is 54.6 Å². The van der Waals surface area contributed by atoms with E-state index in [4.69, 9.17) is 4.74 Å². The second-order valence-corrected chi connectivity index (χ2v) is 6.39. The van der Waals surface area contributed by atoms with E-state index in [1.807, 2.05) is 0 Å². The number of hydrogen-bond acceptors (Lipinski definition) is 4. The topological polar surface area (TPSA) is 75.7 Å². The summed E-state index contributed by atoms with van der Waals surface area (Å²) in [6, 6.07) is 14.4. The van der Waals surface area contributed by atoms with Gasteiger partial charge in [0.25, 0.3) is 10.0 Å². The zero-order chi connectivity index (χ0) is 16.2. The van der Waals surface area contributed by atoms with Crippen molar-refractivity contribution in [3.8, 4) is 5.75 Å². The molecule has 2 aromatic rings. The number of amides is 1. The van der Waals surface area contributed by atoms with E-state index in [-0.39, 0.29) is 4.90 Å². The molecule has 0 spiro atoms. The van der Waals surface area contributed by atoms with Crippen LogP contribution in [0.1, 0.15) is 0 Å². The maximum absolute atomic E-state index is 12.5. The van der Waals surface area contributed by atoms with Crippen molar-refractivity contribution in [1.82, 2.24) is 5.32 Å². The highest BCUT2D eigenvalue weighted by molar-refractivity contribution is 7.92. The lowest BCUT2D eigenvalue weighted by Crippen LogP contribution is -2.26. The van der Waals surface area contributed by atoms with Crippen molar-refractivity contribution >= 4 is 21.8 Å². The monoisotopic (exact) mass is 320 g/mol. The van der Waals surface area contributed by atoms with Gasteiger partial charge in [0.15, 0.2) is 0 Å². The Morgan fingerprint density at radius 2 is 1.64 bits per heavy atom. The summed E-state index contributed by atoms with van der Waals surface area (Å²) in [5, 5.41) is 2.33. The number of carbonyl (C=O) groups excluding carboxylic acids is 1. The molecule has 0 aromatic heterocycles. The first-order valence-corrected chi connectivity index (χ1v) is 7.93. The van der Waals surface area contributed by atoms with E-state index in [1.165, 1.54) is 42.7 Å². The first-order valence-electron chi connectivity index (χ1n) is 6.49. The standard InChI is InChI=1S/C15H16N2O4S/c1-16-15(18)21-13-10-8-12(9-11-13)17(2)22(19,20)14-6-4-3-5-7-14/h3-11H,1-2H3,(H,16,18). The van der Waals surface area contributed by atoms with Gasteiger partial charge in [-0.1, -0.05) is 18.2 Å². The SMILES string of the molecule is CNC(=O)Oc1ccc(N(C)S(=O)(=O)c2ccccc2)cc1. The summed E-state index contributed by atoms with van der Waals surface area (Å²) in [5.74, 6) is 0.327. The van der Waals surface area contributed by atoms with Crippen LogP contribution in [0.5, 0.6) is 5.75 Å². The smallest absolute Gasteiger partial charge is 0.410 e. The van der Waals surface area contributed by atoms with Crippen LogP contribution in [0, 0.1) is 0 Å². The van der Waals surface area contributed by atoms with E-state index in [0.717, 1.165) is 0 Å². The molecule has 0 aliphatic heterocycles. The lowest BCUT2D eigenvalue weighted by atomic mass is 10.3. The Hall–Kier alpha value is -2.54. The third-order valence-electron chi connectivity index (χ3n) is 3.02. The molecule has 2 aromatic carbocycles. The minimum Gasteiger partial charge on any atom is -0.410 e. The zero-order valence-corrected chi connectivity index (χ0v) is 13.0. The number of hydrogen-bond donors (Lipinski definition) is 1. The molecular formula is C15H16N2O4S. The van der Waals surface area contributed by atoms with Gasteiger partial charge in [-0.2, -0.15) is 0 Å². The Bertz CT molecular complexity index is 743. The van der Waals surface area contributed by atoms with Crippen molar-refractivity contribution in [1.29, 1.82) is 0 Å². The summed E-state index contributed by atoms with van der Waals surface area (Å²) in [5.41, 5.74) is 0.466. The van der Waals surface area contributed by atoms with Crippen molar-refractivity contribution in [2.24, 2.45) is 0 Å². The Labute approximate surface area is 129 Å². The minimum absolute atomic E-state index is 0.211. The normalized spacial score (nSPS) is 10.8. The summed E-state index contributed by atoms with van der Waals surface area (Å²) in [4.78, 5) is 11.3. The fourth-order valence-corrected chi connectivity index (χ4v) is 2.99. The van der Waals surface area contributed by atoms with Crippen LogP contribution in [0.25, 0.3) is 0 Å². The number of rotatable bonds is 4. The molecule has 7 heteroatoms. The lowest BCUT2D eigenvalue weighted by molar-refractivity contribution is 0.203. The molecule has 0 aliphatic rings. The molecule has 0 heterocycles. The molecule has 2 rings (SSSR count). The Balaban J connectivity index is 2.23. The van der Waals surface area contributed by atoms with Gasteiger partial charge in [0.2, 0.25) is 0 Å². The number of sulfonamides is 1. The number of anilines is 1. The van der Waals surface area contributed by atoms with Gasteiger partial charge in [0, 0.05) is 14.1 Å². The van der Waals surface area contributed by atoms with Crippen molar-refractivity contribution < 1.29 is 17.9 Å². The first kappa shape index (κ1) is 15.8. The van der Waals surface area contributed by atoms with Crippen LogP contribution in [0.4, 0.5) is 10.5 Å². The first-order chi connectivity index (χ1) is 10.4. The van der Waals surface area contributed by atoms with Crippen LogP contribution >= 0.6 is 0 Å². The lowest BCUT2D eigenvalue weighted by Gasteiger charge is -2.19. The third kappa shape index (κ3) is 3.37. The average molecular weight is 320 g/mol. The van der Waals surface area contributed by atoms with E-state index in [1.54, 1.807) is 30.3 Å². The summed E-state index contributed by atoms with van der Waals surface area (Å²) < 4.78 is 31.1. The van der Waals surface area contributed by atoms with Crippen LogP contribution in [-0.4, -0.2) is 28.6 Å². The van der Waals surface area contributed by atoms with E-state index < -0.39 is 16.1 Å². The molecule has 0 bridgehead atoms. The Morgan fingerprint density at radius 1 is 1.05 bits per heavy atom. The molecule has 0 radical (unpaired) electrons.